The summed E-state index contributed by atoms with van der Waals surface area (Å²) in [4.78, 5) is -0.142. The average molecular weight is 327 g/mol. The van der Waals surface area contributed by atoms with Crippen LogP contribution in [0.1, 0.15) is 12.8 Å². The maximum absolute atomic E-state index is 12.1. The lowest BCUT2D eigenvalue weighted by atomic mass is 10.3. The van der Waals surface area contributed by atoms with Gasteiger partial charge < -0.3 is 10.5 Å². The van der Waals surface area contributed by atoms with Gasteiger partial charge in [-0.3, -0.25) is 0 Å². The topological polar surface area (TPSA) is 81.4 Å². The van der Waals surface area contributed by atoms with Gasteiger partial charge in [0.25, 0.3) is 0 Å². The number of halogens is 2. The molecule has 1 aromatic carbocycles. The normalized spacial score (nSPS) is 11.7. The van der Waals surface area contributed by atoms with Crippen molar-refractivity contribution in [2.75, 3.05) is 26.0 Å². The largest absolute Gasteiger partial charge is 0.399 e. The Balaban J connectivity index is 2.78. The summed E-state index contributed by atoms with van der Waals surface area (Å²) < 4.78 is 31.5. The van der Waals surface area contributed by atoms with Crippen LogP contribution < -0.4 is 10.5 Å². The van der Waals surface area contributed by atoms with Crippen LogP contribution in [0.3, 0.4) is 0 Å². The number of hydrogen-bond acceptors (Lipinski definition) is 4. The van der Waals surface area contributed by atoms with Crippen LogP contribution in [0.15, 0.2) is 17.0 Å². The first kappa shape index (κ1) is 16.5. The molecule has 0 aromatic heterocycles. The number of nitrogen functional groups attached to an aromatic ring is 1. The summed E-state index contributed by atoms with van der Waals surface area (Å²) >= 11 is 11.8. The molecule has 0 atom stereocenters. The molecule has 0 fully saturated rings. The summed E-state index contributed by atoms with van der Waals surface area (Å²) in [6, 6.07) is 2.71. The highest BCUT2D eigenvalue weighted by molar-refractivity contribution is 7.89. The first-order valence-electron chi connectivity index (χ1n) is 5.61. The van der Waals surface area contributed by atoms with Crippen LogP contribution in [0.4, 0.5) is 5.69 Å². The standard InChI is InChI=1S/C11H16Cl2N2O3S/c1-18-5-3-2-4-15-19(16,17)11-9(12)6-8(14)7-10(11)13/h6-7,15H,2-5,14H2,1H3. The van der Waals surface area contributed by atoms with Gasteiger partial charge in [0.1, 0.15) is 4.90 Å². The molecule has 1 aromatic rings. The Labute approximate surface area is 123 Å². The van der Waals surface area contributed by atoms with Crippen molar-refractivity contribution < 1.29 is 13.2 Å². The van der Waals surface area contributed by atoms with Gasteiger partial charge in [-0.25, -0.2) is 13.1 Å². The number of anilines is 1. The Hall–Kier alpha value is -0.530. The van der Waals surface area contributed by atoms with Gasteiger partial charge in [0, 0.05) is 25.9 Å². The van der Waals surface area contributed by atoms with Crippen LogP contribution >= 0.6 is 23.2 Å². The molecule has 0 spiro atoms. The van der Waals surface area contributed by atoms with Gasteiger partial charge in [0.05, 0.1) is 10.0 Å². The van der Waals surface area contributed by atoms with E-state index in [9.17, 15) is 8.42 Å². The van der Waals surface area contributed by atoms with Gasteiger partial charge in [0.15, 0.2) is 0 Å². The molecular weight excluding hydrogens is 311 g/mol. The number of rotatable bonds is 7. The van der Waals surface area contributed by atoms with Gasteiger partial charge in [-0.05, 0) is 25.0 Å². The number of methoxy groups -OCH3 is 1. The van der Waals surface area contributed by atoms with Crippen molar-refractivity contribution in [3.05, 3.63) is 22.2 Å². The Bertz CT molecular complexity index is 512. The maximum atomic E-state index is 12.1. The predicted octanol–water partition coefficient (Wildman–Crippen LogP) is 2.28. The van der Waals surface area contributed by atoms with Crippen molar-refractivity contribution in [2.45, 2.75) is 17.7 Å². The van der Waals surface area contributed by atoms with Crippen molar-refractivity contribution in [1.82, 2.24) is 4.72 Å². The van der Waals surface area contributed by atoms with Crippen molar-refractivity contribution in [3.8, 4) is 0 Å². The van der Waals surface area contributed by atoms with Crippen molar-refractivity contribution in [1.29, 1.82) is 0 Å². The van der Waals surface area contributed by atoms with Gasteiger partial charge in [-0.15, -0.1) is 0 Å². The van der Waals surface area contributed by atoms with Crippen LogP contribution in [-0.4, -0.2) is 28.7 Å². The van der Waals surface area contributed by atoms with E-state index in [-0.39, 0.29) is 14.9 Å². The van der Waals surface area contributed by atoms with E-state index < -0.39 is 10.0 Å². The zero-order valence-corrected chi connectivity index (χ0v) is 12.8. The Morgan fingerprint density at radius 3 is 2.37 bits per heavy atom. The molecule has 8 heteroatoms. The molecule has 0 amide bonds. The Morgan fingerprint density at radius 2 is 1.84 bits per heavy atom. The highest BCUT2D eigenvalue weighted by Gasteiger charge is 2.21. The Morgan fingerprint density at radius 1 is 1.26 bits per heavy atom. The molecule has 1 rings (SSSR count). The Kier molecular flexibility index (Phi) is 6.35. The molecule has 0 unspecified atom stereocenters. The first-order chi connectivity index (χ1) is 8.88. The fraction of sp³-hybridized carbons (Fsp3) is 0.455. The molecule has 0 saturated carbocycles. The second-order valence-electron chi connectivity index (χ2n) is 3.91. The number of sulfonamides is 1. The van der Waals surface area contributed by atoms with Crippen LogP contribution in [0, 0.1) is 0 Å². The molecule has 19 heavy (non-hydrogen) atoms. The molecule has 0 aliphatic carbocycles. The van der Waals surface area contributed by atoms with E-state index in [4.69, 9.17) is 33.7 Å². The lowest BCUT2D eigenvalue weighted by molar-refractivity contribution is 0.193. The summed E-state index contributed by atoms with van der Waals surface area (Å²) in [5, 5.41) is 0.0174. The monoisotopic (exact) mass is 326 g/mol. The lowest BCUT2D eigenvalue weighted by Gasteiger charge is -2.10. The van der Waals surface area contributed by atoms with Crippen molar-refractivity contribution in [2.24, 2.45) is 0 Å². The van der Waals surface area contributed by atoms with Gasteiger partial charge in [0.2, 0.25) is 10.0 Å². The number of nitrogens with two attached hydrogens (primary N) is 1. The highest BCUT2D eigenvalue weighted by atomic mass is 35.5. The second kappa shape index (κ2) is 7.31. The van der Waals surface area contributed by atoms with Crippen LogP contribution in [0.2, 0.25) is 10.0 Å². The number of nitrogens with one attached hydrogen (secondary N) is 1. The second-order valence-corrected chi connectivity index (χ2v) is 6.43. The van der Waals surface area contributed by atoms with Crippen molar-refractivity contribution >= 4 is 38.9 Å². The zero-order chi connectivity index (χ0) is 14.5. The summed E-state index contributed by atoms with van der Waals surface area (Å²) in [5.41, 5.74) is 5.84. The number of ether oxygens (including phenoxy) is 1. The highest BCUT2D eigenvalue weighted by Crippen LogP contribution is 2.31. The fourth-order valence-electron chi connectivity index (χ4n) is 1.49. The molecule has 0 radical (unpaired) electrons. The molecule has 108 valence electrons. The minimum absolute atomic E-state index is 0.00870. The number of benzene rings is 1. The molecule has 0 saturated heterocycles. The van der Waals surface area contributed by atoms with Gasteiger partial charge >= 0.3 is 0 Å². The van der Waals surface area contributed by atoms with Crippen LogP contribution in [0.25, 0.3) is 0 Å². The van der Waals surface area contributed by atoms with Gasteiger partial charge in [-0.1, -0.05) is 23.2 Å². The predicted molar refractivity (Wildman–Crippen MR) is 77.2 cm³/mol. The van der Waals surface area contributed by atoms with E-state index in [1.807, 2.05) is 0 Å². The molecule has 0 heterocycles. The lowest BCUT2D eigenvalue weighted by Crippen LogP contribution is -2.25. The molecule has 0 bridgehead atoms. The van der Waals surface area contributed by atoms with E-state index in [1.165, 1.54) is 12.1 Å². The molecular formula is C11H16Cl2N2O3S. The molecule has 0 aliphatic rings. The minimum atomic E-state index is -3.74. The fourth-order valence-corrected chi connectivity index (χ4v) is 3.79. The smallest absolute Gasteiger partial charge is 0.243 e. The quantitative estimate of drug-likeness (QED) is 0.595. The minimum Gasteiger partial charge on any atom is -0.399 e. The third kappa shape index (κ3) is 4.81. The first-order valence-corrected chi connectivity index (χ1v) is 7.85. The summed E-state index contributed by atoms with van der Waals surface area (Å²) in [5.74, 6) is 0. The van der Waals surface area contributed by atoms with E-state index in [1.54, 1.807) is 7.11 Å². The van der Waals surface area contributed by atoms with E-state index in [0.29, 0.717) is 25.3 Å². The van der Waals surface area contributed by atoms with Crippen LogP contribution in [-0.2, 0) is 14.8 Å². The molecule has 5 nitrogen and oxygen atoms in total. The molecule has 3 N–H and O–H groups in total. The summed E-state index contributed by atoms with van der Waals surface area (Å²) in [6.45, 7) is 0.883. The number of hydrogen-bond donors (Lipinski definition) is 2. The van der Waals surface area contributed by atoms with Crippen molar-refractivity contribution in [3.63, 3.8) is 0 Å². The SMILES string of the molecule is COCCCCNS(=O)(=O)c1c(Cl)cc(N)cc1Cl. The van der Waals surface area contributed by atoms with Gasteiger partial charge in [-0.2, -0.15) is 0 Å². The van der Waals surface area contributed by atoms with E-state index in [2.05, 4.69) is 4.72 Å². The zero-order valence-electron chi connectivity index (χ0n) is 10.4. The van der Waals surface area contributed by atoms with E-state index >= 15 is 0 Å². The van der Waals surface area contributed by atoms with Crippen LogP contribution in [0.5, 0.6) is 0 Å². The number of unbranched alkanes of at least 4 members (excludes halogenated alkanes) is 1. The maximum Gasteiger partial charge on any atom is 0.243 e. The van der Waals surface area contributed by atoms with E-state index in [0.717, 1.165) is 6.42 Å². The summed E-state index contributed by atoms with van der Waals surface area (Å²) in [7, 11) is -2.14. The third-order valence-corrected chi connectivity index (χ3v) is 4.74. The summed E-state index contributed by atoms with van der Waals surface area (Å²) in [6.07, 6.45) is 1.43. The average Bonchev–Trinajstić information content (AvgIpc) is 2.26. The third-order valence-electron chi connectivity index (χ3n) is 2.36. The molecule has 0 aliphatic heterocycles.